The van der Waals surface area contributed by atoms with Crippen molar-refractivity contribution < 1.29 is 13.9 Å². The monoisotopic (exact) mass is 409 g/mol. The van der Waals surface area contributed by atoms with Crippen molar-refractivity contribution in [3.05, 3.63) is 51.9 Å². The summed E-state index contributed by atoms with van der Waals surface area (Å²) in [5.41, 5.74) is 1.76. The average Bonchev–Trinajstić information content (AvgIpc) is 3.07. The van der Waals surface area contributed by atoms with Crippen molar-refractivity contribution in [2.45, 2.75) is 0 Å². The molecule has 1 fully saturated rings. The van der Waals surface area contributed by atoms with Crippen LogP contribution in [0.1, 0.15) is 10.4 Å². The molecular formula is C21H20FN5O3. The minimum atomic E-state index is -0.593. The Kier molecular flexibility index (Phi) is 4.21. The molecule has 0 saturated carbocycles. The van der Waals surface area contributed by atoms with Crippen LogP contribution in [0.25, 0.3) is 27.7 Å². The zero-order chi connectivity index (χ0) is 21.0. The third kappa shape index (κ3) is 2.51. The number of hydrogen-bond acceptors (Lipinski definition) is 5. The van der Waals surface area contributed by atoms with Crippen molar-refractivity contribution >= 4 is 39.4 Å². The molecule has 30 heavy (non-hydrogen) atoms. The fourth-order valence-corrected chi connectivity index (χ4v) is 4.18. The van der Waals surface area contributed by atoms with Gasteiger partial charge < -0.3 is 19.5 Å². The first-order chi connectivity index (χ1) is 14.5. The van der Waals surface area contributed by atoms with Crippen LogP contribution in [0.15, 0.2) is 35.1 Å². The molecule has 0 radical (unpaired) electrons. The van der Waals surface area contributed by atoms with Gasteiger partial charge in [0.25, 0.3) is 5.91 Å². The van der Waals surface area contributed by atoms with E-state index in [0.717, 1.165) is 11.0 Å². The second-order valence-electron chi connectivity index (χ2n) is 7.25. The van der Waals surface area contributed by atoms with Crippen LogP contribution < -0.4 is 15.6 Å². The first-order valence-electron chi connectivity index (χ1n) is 9.70. The minimum Gasteiger partial charge on any atom is -0.378 e. The van der Waals surface area contributed by atoms with E-state index in [9.17, 15) is 9.59 Å². The van der Waals surface area contributed by atoms with Gasteiger partial charge in [0.15, 0.2) is 17.3 Å². The smallest absolute Gasteiger partial charge is 0.258 e. The summed E-state index contributed by atoms with van der Waals surface area (Å²) in [5.74, 6) is -0.938. The lowest BCUT2D eigenvalue weighted by atomic mass is 10.1. The van der Waals surface area contributed by atoms with Gasteiger partial charge in [0.05, 0.1) is 29.6 Å². The molecule has 5 rings (SSSR count). The van der Waals surface area contributed by atoms with E-state index in [1.807, 2.05) is 29.2 Å². The van der Waals surface area contributed by atoms with Crippen molar-refractivity contribution in [2.24, 2.45) is 7.05 Å². The van der Waals surface area contributed by atoms with Gasteiger partial charge in [-0.25, -0.2) is 9.37 Å². The maximum Gasteiger partial charge on any atom is 0.258 e. The summed E-state index contributed by atoms with van der Waals surface area (Å²) in [6.45, 7) is 2.00. The number of morpholine rings is 1. The van der Waals surface area contributed by atoms with E-state index in [1.54, 1.807) is 16.0 Å². The van der Waals surface area contributed by atoms with Crippen LogP contribution in [0, 0.1) is 5.82 Å². The quantitative estimate of drug-likeness (QED) is 0.545. The van der Waals surface area contributed by atoms with Crippen LogP contribution in [0.4, 0.5) is 10.2 Å². The van der Waals surface area contributed by atoms with Gasteiger partial charge in [-0.15, -0.1) is 0 Å². The Balaban J connectivity index is 1.98. The molecule has 0 unspecified atom stereocenters. The molecule has 0 aliphatic carbocycles. The van der Waals surface area contributed by atoms with Crippen LogP contribution in [-0.2, 0) is 11.8 Å². The highest BCUT2D eigenvalue weighted by molar-refractivity contribution is 6.05. The lowest BCUT2D eigenvalue weighted by Gasteiger charge is -2.28. The summed E-state index contributed by atoms with van der Waals surface area (Å²) < 4.78 is 23.9. The number of ether oxygens (including phenoxy) is 1. The Morgan fingerprint density at radius 1 is 1.20 bits per heavy atom. The van der Waals surface area contributed by atoms with Gasteiger partial charge in [-0.1, -0.05) is 12.1 Å². The zero-order valence-electron chi connectivity index (χ0n) is 16.6. The minimum absolute atomic E-state index is 0.0379. The van der Waals surface area contributed by atoms with Gasteiger partial charge >= 0.3 is 0 Å². The third-order valence-corrected chi connectivity index (χ3v) is 5.62. The number of aryl methyl sites for hydroxylation is 1. The molecule has 4 heterocycles. The van der Waals surface area contributed by atoms with E-state index in [0.29, 0.717) is 37.6 Å². The third-order valence-electron chi connectivity index (χ3n) is 5.62. The largest absolute Gasteiger partial charge is 0.378 e. The van der Waals surface area contributed by atoms with E-state index >= 15 is 4.39 Å². The Morgan fingerprint density at radius 2 is 1.90 bits per heavy atom. The normalized spacial score (nSPS) is 14.7. The first-order valence-corrected chi connectivity index (χ1v) is 9.70. The molecule has 154 valence electrons. The highest BCUT2D eigenvalue weighted by Gasteiger charge is 2.26. The van der Waals surface area contributed by atoms with E-state index in [1.165, 1.54) is 13.1 Å². The van der Waals surface area contributed by atoms with E-state index in [4.69, 9.17) is 4.74 Å². The molecule has 4 aromatic rings. The number of carbonyl (C=O) groups excluding carboxylic acids is 1. The lowest BCUT2D eigenvalue weighted by Crippen LogP contribution is -2.37. The van der Waals surface area contributed by atoms with Crippen molar-refractivity contribution in [1.29, 1.82) is 0 Å². The number of nitrogens with one attached hydrogen (secondary N) is 1. The topological polar surface area (TPSA) is 80.9 Å². The maximum absolute atomic E-state index is 15.0. The number of aromatic nitrogens is 3. The number of hydrogen-bond donors (Lipinski definition) is 1. The first kappa shape index (κ1) is 18.6. The molecule has 1 aliphatic heterocycles. The highest BCUT2D eigenvalue weighted by atomic mass is 19.1. The van der Waals surface area contributed by atoms with Gasteiger partial charge in [0.1, 0.15) is 11.2 Å². The number of carbonyl (C=O) groups is 1. The molecule has 8 nitrogen and oxygen atoms in total. The Hall–Kier alpha value is -3.46. The summed E-state index contributed by atoms with van der Waals surface area (Å²) in [6.07, 6.45) is 0. The highest BCUT2D eigenvalue weighted by Crippen LogP contribution is 2.28. The van der Waals surface area contributed by atoms with Crippen molar-refractivity contribution in [2.75, 3.05) is 38.3 Å². The number of nitrogens with zero attached hydrogens (tertiary/aromatic N) is 4. The molecule has 9 heteroatoms. The second-order valence-corrected chi connectivity index (χ2v) is 7.25. The summed E-state index contributed by atoms with van der Waals surface area (Å²) in [6, 6.07) is 8.74. The Morgan fingerprint density at radius 3 is 2.60 bits per heavy atom. The van der Waals surface area contributed by atoms with Gasteiger partial charge in [-0.05, 0) is 18.2 Å². The summed E-state index contributed by atoms with van der Waals surface area (Å²) in [4.78, 5) is 32.3. The average molecular weight is 409 g/mol. The molecule has 1 amide bonds. The van der Waals surface area contributed by atoms with Crippen molar-refractivity contribution in [1.82, 2.24) is 19.3 Å². The molecule has 3 aromatic heterocycles. The van der Waals surface area contributed by atoms with Crippen LogP contribution in [0.3, 0.4) is 0 Å². The van der Waals surface area contributed by atoms with E-state index < -0.39 is 17.2 Å². The molecule has 0 spiro atoms. The number of fused-ring (bicyclic) bond motifs is 5. The SMILES string of the molecule is CNC(=O)c1c(=O)c2cc(F)c(N3CCOCC3)nc2n2c3ccccc3n(C)c12. The summed E-state index contributed by atoms with van der Waals surface area (Å²) >= 11 is 0. The van der Waals surface area contributed by atoms with Gasteiger partial charge in [-0.2, -0.15) is 0 Å². The van der Waals surface area contributed by atoms with Crippen LogP contribution in [0.2, 0.25) is 0 Å². The van der Waals surface area contributed by atoms with Gasteiger partial charge in [0, 0.05) is 27.2 Å². The number of benzene rings is 1. The van der Waals surface area contributed by atoms with Crippen molar-refractivity contribution in [3.63, 3.8) is 0 Å². The zero-order valence-corrected chi connectivity index (χ0v) is 16.6. The fourth-order valence-electron chi connectivity index (χ4n) is 4.18. The molecule has 0 atom stereocenters. The maximum atomic E-state index is 15.0. The molecule has 1 saturated heterocycles. The predicted octanol–water partition coefficient (Wildman–Crippen LogP) is 1.67. The van der Waals surface area contributed by atoms with Crippen LogP contribution in [0.5, 0.6) is 0 Å². The molecule has 1 aromatic carbocycles. The van der Waals surface area contributed by atoms with E-state index in [2.05, 4.69) is 10.3 Å². The van der Waals surface area contributed by atoms with Gasteiger partial charge in [0.2, 0.25) is 5.43 Å². The standard InChI is InChI=1S/C21H20FN5O3/c1-23-20(29)16-17(28)12-11-13(22)19(26-7-9-30-10-8-26)24-18(12)27-15-6-4-3-5-14(15)25(2)21(16)27/h3-6,11H,7-10H2,1-2H3,(H,23,29). The number of halogens is 1. The number of rotatable bonds is 2. The number of anilines is 1. The van der Waals surface area contributed by atoms with Gasteiger partial charge in [-0.3, -0.25) is 14.0 Å². The summed E-state index contributed by atoms with van der Waals surface area (Å²) in [5, 5.41) is 2.59. The molecule has 1 aliphatic rings. The Labute approximate surface area is 170 Å². The van der Waals surface area contributed by atoms with Crippen LogP contribution >= 0.6 is 0 Å². The number of pyridine rings is 2. The Bertz CT molecular complexity index is 1380. The number of para-hydroxylation sites is 2. The number of imidazole rings is 1. The molecule has 0 bridgehead atoms. The fraction of sp³-hybridized carbons (Fsp3) is 0.286. The molecule has 1 N–H and O–H groups in total. The van der Waals surface area contributed by atoms with E-state index in [-0.39, 0.29) is 16.8 Å². The molecular weight excluding hydrogens is 389 g/mol. The second kappa shape index (κ2) is 6.81. The van der Waals surface area contributed by atoms with Crippen molar-refractivity contribution in [3.8, 4) is 0 Å². The summed E-state index contributed by atoms with van der Waals surface area (Å²) in [7, 11) is 3.26. The van der Waals surface area contributed by atoms with Crippen LogP contribution in [-0.4, -0.2) is 53.2 Å². The number of amides is 1. The lowest BCUT2D eigenvalue weighted by molar-refractivity contribution is 0.0963. The predicted molar refractivity (Wildman–Crippen MR) is 112 cm³/mol.